The lowest BCUT2D eigenvalue weighted by atomic mass is 10.1. The molecule has 0 radical (unpaired) electrons. The maximum absolute atomic E-state index is 12.3. The van der Waals surface area contributed by atoms with Crippen molar-refractivity contribution >= 4 is 16.8 Å². The summed E-state index contributed by atoms with van der Waals surface area (Å²) < 4.78 is 5.20. The number of carbonyl (C=O) groups is 1. The Labute approximate surface area is 112 Å². The summed E-state index contributed by atoms with van der Waals surface area (Å²) in [5.74, 6) is 0.856. The highest BCUT2D eigenvalue weighted by atomic mass is 16.5. The summed E-state index contributed by atoms with van der Waals surface area (Å²) >= 11 is 0. The minimum atomic E-state index is 0.0784. The van der Waals surface area contributed by atoms with Crippen LogP contribution in [0.25, 0.3) is 10.9 Å². The summed E-state index contributed by atoms with van der Waals surface area (Å²) in [5, 5.41) is 0.935. The van der Waals surface area contributed by atoms with Crippen LogP contribution >= 0.6 is 0 Å². The molecule has 2 aromatic rings. The molecule has 1 saturated heterocycles. The number of nitrogens with zero attached hydrogens (tertiary/aromatic N) is 2. The van der Waals surface area contributed by atoms with Crippen molar-refractivity contribution in [3.8, 4) is 5.75 Å². The summed E-state index contributed by atoms with van der Waals surface area (Å²) in [4.78, 5) is 18.5. The van der Waals surface area contributed by atoms with E-state index in [1.165, 1.54) is 0 Å². The van der Waals surface area contributed by atoms with Gasteiger partial charge < -0.3 is 9.64 Å². The first-order chi connectivity index (χ1) is 9.28. The number of amides is 1. The Morgan fingerprint density at radius 1 is 1.26 bits per heavy atom. The predicted octanol–water partition coefficient (Wildman–Crippen LogP) is 2.48. The van der Waals surface area contributed by atoms with Crippen molar-refractivity contribution in [3.05, 3.63) is 36.0 Å². The monoisotopic (exact) mass is 256 g/mol. The van der Waals surface area contributed by atoms with E-state index in [1.54, 1.807) is 13.3 Å². The zero-order valence-corrected chi connectivity index (χ0v) is 10.9. The molecule has 0 bridgehead atoms. The minimum Gasteiger partial charge on any atom is -0.497 e. The van der Waals surface area contributed by atoms with Crippen LogP contribution in [0.2, 0.25) is 0 Å². The van der Waals surface area contributed by atoms with Crippen LogP contribution in [0.15, 0.2) is 30.5 Å². The number of rotatable bonds is 2. The fraction of sp³-hybridized carbons (Fsp3) is 0.333. The van der Waals surface area contributed by atoms with Gasteiger partial charge in [0.05, 0.1) is 18.2 Å². The van der Waals surface area contributed by atoms with Gasteiger partial charge in [0.15, 0.2) is 0 Å². The molecule has 0 unspecified atom stereocenters. The summed E-state index contributed by atoms with van der Waals surface area (Å²) in [7, 11) is 1.63. The third kappa shape index (κ3) is 2.26. The van der Waals surface area contributed by atoms with E-state index in [4.69, 9.17) is 4.74 Å². The maximum atomic E-state index is 12.3. The van der Waals surface area contributed by atoms with Gasteiger partial charge in [-0.15, -0.1) is 0 Å². The second-order valence-electron chi connectivity index (χ2n) is 4.78. The fourth-order valence-electron chi connectivity index (χ4n) is 2.46. The first-order valence-electron chi connectivity index (χ1n) is 6.51. The zero-order chi connectivity index (χ0) is 13.2. The Morgan fingerprint density at radius 2 is 2.05 bits per heavy atom. The average molecular weight is 256 g/mol. The molecule has 0 atom stereocenters. The molecule has 1 aromatic heterocycles. The van der Waals surface area contributed by atoms with Crippen molar-refractivity contribution in [1.82, 2.24) is 9.88 Å². The quantitative estimate of drug-likeness (QED) is 0.829. The van der Waals surface area contributed by atoms with E-state index < -0.39 is 0 Å². The van der Waals surface area contributed by atoms with Crippen LogP contribution in [0.3, 0.4) is 0 Å². The summed E-state index contributed by atoms with van der Waals surface area (Å²) in [5.41, 5.74) is 1.53. The van der Waals surface area contributed by atoms with Crippen LogP contribution in [0.4, 0.5) is 0 Å². The summed E-state index contributed by atoms with van der Waals surface area (Å²) in [6.07, 6.45) is 3.86. The highest BCUT2D eigenvalue weighted by Crippen LogP contribution is 2.21. The molecule has 1 amide bonds. The van der Waals surface area contributed by atoms with Crippen molar-refractivity contribution < 1.29 is 9.53 Å². The van der Waals surface area contributed by atoms with Crippen LogP contribution in [0.5, 0.6) is 5.75 Å². The van der Waals surface area contributed by atoms with E-state index in [0.717, 1.165) is 42.6 Å². The molecule has 1 fully saturated rings. The van der Waals surface area contributed by atoms with Crippen molar-refractivity contribution in [2.75, 3.05) is 20.2 Å². The SMILES string of the molecule is COc1ccc2ncc(C(=O)N3CCCC3)cc2c1. The number of pyridine rings is 1. The molecular formula is C15H16N2O2. The number of benzene rings is 1. The van der Waals surface area contributed by atoms with Crippen molar-refractivity contribution in [1.29, 1.82) is 0 Å². The van der Waals surface area contributed by atoms with E-state index in [2.05, 4.69) is 4.98 Å². The van der Waals surface area contributed by atoms with E-state index in [1.807, 2.05) is 29.2 Å². The highest BCUT2D eigenvalue weighted by Gasteiger charge is 2.19. The first-order valence-corrected chi connectivity index (χ1v) is 6.51. The van der Waals surface area contributed by atoms with Crippen molar-refractivity contribution in [2.45, 2.75) is 12.8 Å². The number of aromatic nitrogens is 1. The second-order valence-corrected chi connectivity index (χ2v) is 4.78. The molecule has 0 spiro atoms. The summed E-state index contributed by atoms with van der Waals surface area (Å²) in [6.45, 7) is 1.71. The number of hydrogen-bond acceptors (Lipinski definition) is 3. The molecular weight excluding hydrogens is 240 g/mol. The van der Waals surface area contributed by atoms with Crippen molar-refractivity contribution in [3.63, 3.8) is 0 Å². The molecule has 1 aromatic carbocycles. The van der Waals surface area contributed by atoms with E-state index >= 15 is 0 Å². The maximum Gasteiger partial charge on any atom is 0.255 e. The Bertz CT molecular complexity index is 619. The third-order valence-electron chi connectivity index (χ3n) is 3.53. The minimum absolute atomic E-state index is 0.0784. The summed E-state index contributed by atoms with van der Waals surface area (Å²) in [6, 6.07) is 7.57. The van der Waals surface area contributed by atoms with Gasteiger partial charge in [0.25, 0.3) is 5.91 Å². The van der Waals surface area contributed by atoms with Crippen molar-refractivity contribution in [2.24, 2.45) is 0 Å². The molecule has 19 heavy (non-hydrogen) atoms. The third-order valence-corrected chi connectivity index (χ3v) is 3.53. The van der Waals surface area contributed by atoms with Gasteiger partial charge in [0.2, 0.25) is 0 Å². The molecule has 1 aliphatic rings. The van der Waals surface area contributed by atoms with Gasteiger partial charge in [-0.3, -0.25) is 9.78 Å². The molecule has 1 aliphatic heterocycles. The van der Waals surface area contributed by atoms with E-state index in [9.17, 15) is 4.79 Å². The van der Waals surface area contributed by atoms with Gasteiger partial charge in [-0.05, 0) is 37.1 Å². The van der Waals surface area contributed by atoms with E-state index in [-0.39, 0.29) is 5.91 Å². The van der Waals surface area contributed by atoms with Gasteiger partial charge in [0.1, 0.15) is 5.75 Å². The van der Waals surface area contributed by atoms with Crippen LogP contribution in [0.1, 0.15) is 23.2 Å². The fourth-order valence-corrected chi connectivity index (χ4v) is 2.46. The van der Waals surface area contributed by atoms with Crippen LogP contribution in [-0.2, 0) is 0 Å². The van der Waals surface area contributed by atoms with E-state index in [0.29, 0.717) is 5.56 Å². The number of ether oxygens (including phenoxy) is 1. The first kappa shape index (κ1) is 12.0. The molecule has 4 nitrogen and oxygen atoms in total. The smallest absolute Gasteiger partial charge is 0.255 e. The molecule has 2 heterocycles. The predicted molar refractivity (Wildman–Crippen MR) is 73.4 cm³/mol. The van der Waals surface area contributed by atoms with Gasteiger partial charge in [-0.1, -0.05) is 0 Å². The molecule has 0 aliphatic carbocycles. The highest BCUT2D eigenvalue weighted by molar-refractivity contribution is 5.97. The Balaban J connectivity index is 1.97. The Morgan fingerprint density at radius 3 is 2.79 bits per heavy atom. The topological polar surface area (TPSA) is 42.4 Å². The molecule has 4 heteroatoms. The molecule has 0 saturated carbocycles. The lowest BCUT2D eigenvalue weighted by Crippen LogP contribution is -2.27. The standard InChI is InChI=1S/C15H16N2O2/c1-19-13-4-5-14-11(9-13)8-12(10-16-14)15(18)17-6-2-3-7-17/h4-5,8-10H,2-3,6-7H2,1H3. The Hall–Kier alpha value is -2.10. The number of hydrogen-bond donors (Lipinski definition) is 0. The number of methoxy groups -OCH3 is 1. The largest absolute Gasteiger partial charge is 0.497 e. The van der Waals surface area contributed by atoms with Gasteiger partial charge >= 0.3 is 0 Å². The van der Waals surface area contributed by atoms with Crippen LogP contribution in [-0.4, -0.2) is 36.0 Å². The number of fused-ring (bicyclic) bond motifs is 1. The zero-order valence-electron chi connectivity index (χ0n) is 10.9. The Kier molecular flexibility index (Phi) is 3.07. The lowest BCUT2D eigenvalue weighted by molar-refractivity contribution is 0.0792. The lowest BCUT2D eigenvalue weighted by Gasteiger charge is -2.15. The van der Waals surface area contributed by atoms with Gasteiger partial charge in [0, 0.05) is 24.7 Å². The van der Waals surface area contributed by atoms with Gasteiger partial charge in [-0.25, -0.2) is 0 Å². The number of carbonyl (C=O) groups excluding carboxylic acids is 1. The van der Waals surface area contributed by atoms with Gasteiger partial charge in [-0.2, -0.15) is 0 Å². The van der Waals surface area contributed by atoms with Crippen LogP contribution < -0.4 is 4.74 Å². The normalized spacial score (nSPS) is 14.9. The molecule has 3 rings (SSSR count). The second kappa shape index (κ2) is 4.88. The molecule has 98 valence electrons. The average Bonchev–Trinajstić information content (AvgIpc) is 2.99. The van der Waals surface area contributed by atoms with Crippen LogP contribution in [0, 0.1) is 0 Å². The molecule has 0 N–H and O–H groups in total. The number of likely N-dealkylation sites (tertiary alicyclic amines) is 1.